The van der Waals surface area contributed by atoms with Crippen LogP contribution in [0.4, 0.5) is 0 Å². The van der Waals surface area contributed by atoms with Gasteiger partial charge in [0, 0.05) is 0 Å². The fraction of sp³-hybridized carbons (Fsp3) is 0.206. The summed E-state index contributed by atoms with van der Waals surface area (Å²) in [5.74, 6) is -0.110. The van der Waals surface area contributed by atoms with E-state index in [-0.39, 0.29) is 39.6 Å². The highest BCUT2D eigenvalue weighted by Crippen LogP contribution is 2.16. The Morgan fingerprint density at radius 3 is 1.49 bits per heavy atom. The maximum absolute atomic E-state index is 12.3. The second-order valence-electron chi connectivity index (χ2n) is 9.18. The molecule has 0 aromatic heterocycles. The lowest BCUT2D eigenvalue weighted by molar-refractivity contribution is 0.0151. The van der Waals surface area contributed by atoms with Crippen LogP contribution in [-0.4, -0.2) is 51.4 Å². The molecule has 0 aliphatic carbocycles. The first-order valence-corrected chi connectivity index (χ1v) is 13.6. The molecule has 0 amide bonds. The van der Waals surface area contributed by atoms with Gasteiger partial charge in [-0.3, -0.25) is 0 Å². The predicted octanol–water partition coefficient (Wildman–Crippen LogP) is 5.66. The summed E-state index contributed by atoms with van der Waals surface area (Å²) in [6.07, 6.45) is 0. The van der Waals surface area contributed by atoms with E-state index in [0.29, 0.717) is 28.2 Å². The van der Waals surface area contributed by atoms with Gasteiger partial charge in [0.25, 0.3) is 0 Å². The van der Waals surface area contributed by atoms with Crippen molar-refractivity contribution in [2.45, 2.75) is 13.2 Å². The minimum Gasteiger partial charge on any atom is -0.497 e. The van der Waals surface area contributed by atoms with Crippen molar-refractivity contribution in [3.05, 3.63) is 131 Å². The molecule has 0 atom stereocenters. The Balaban J connectivity index is 1.09. The van der Waals surface area contributed by atoms with E-state index in [9.17, 15) is 14.4 Å². The first kappa shape index (κ1) is 30.8. The van der Waals surface area contributed by atoms with Gasteiger partial charge in [0.1, 0.15) is 37.9 Å². The van der Waals surface area contributed by atoms with Crippen molar-refractivity contribution < 1.29 is 42.8 Å². The number of carbonyl (C=O) groups excluding carboxylic acids is 3. The Hall–Kier alpha value is -5.15. The van der Waals surface area contributed by atoms with Crippen LogP contribution >= 0.6 is 0 Å². The standard InChI is InChI=1S/C34H32O9/c1-38-30-15-11-28(12-16-30)32(35)40-21-19-39-20-22-41-33(36)29-13-17-31(18-14-29)42-23-26-7-9-27(10-8-26)34(37)43-24-25-5-3-2-4-6-25/h2-18H,19-24H2,1H3. The Morgan fingerprint density at radius 2 is 0.953 bits per heavy atom. The first-order valence-electron chi connectivity index (χ1n) is 13.6. The fourth-order valence-corrected chi connectivity index (χ4v) is 3.78. The highest BCUT2D eigenvalue weighted by Gasteiger charge is 2.10. The molecule has 0 N–H and O–H groups in total. The molecule has 0 fully saturated rings. The molecular weight excluding hydrogens is 552 g/mol. The van der Waals surface area contributed by atoms with Gasteiger partial charge in [-0.05, 0) is 71.8 Å². The van der Waals surface area contributed by atoms with Crippen LogP contribution in [0.15, 0.2) is 103 Å². The minimum absolute atomic E-state index is 0.0549. The SMILES string of the molecule is COc1ccc(C(=O)OCCOCCOC(=O)c2ccc(OCc3ccc(C(=O)OCc4ccccc4)cc3)cc2)cc1. The third kappa shape index (κ3) is 10.0. The number of hydrogen-bond donors (Lipinski definition) is 0. The molecule has 9 nitrogen and oxygen atoms in total. The van der Waals surface area contributed by atoms with E-state index < -0.39 is 17.9 Å². The molecule has 0 radical (unpaired) electrons. The maximum Gasteiger partial charge on any atom is 0.338 e. The zero-order valence-corrected chi connectivity index (χ0v) is 23.7. The number of esters is 3. The summed E-state index contributed by atoms with van der Waals surface area (Å²) in [5, 5.41) is 0. The molecule has 0 aliphatic rings. The average Bonchev–Trinajstić information content (AvgIpc) is 3.06. The molecule has 0 spiro atoms. The number of hydrogen-bond acceptors (Lipinski definition) is 9. The number of methoxy groups -OCH3 is 1. The normalized spacial score (nSPS) is 10.4. The second kappa shape index (κ2) is 16.3. The Kier molecular flexibility index (Phi) is 11.7. The molecule has 9 heteroatoms. The molecule has 4 aromatic carbocycles. The highest BCUT2D eigenvalue weighted by atomic mass is 16.6. The summed E-state index contributed by atoms with van der Waals surface area (Å²) in [6, 6.07) is 29.7. The van der Waals surface area contributed by atoms with E-state index in [4.69, 9.17) is 28.4 Å². The number of carbonyl (C=O) groups is 3. The van der Waals surface area contributed by atoms with Crippen molar-refractivity contribution in [1.29, 1.82) is 0 Å². The third-order valence-corrected chi connectivity index (χ3v) is 6.15. The number of ether oxygens (including phenoxy) is 6. The van der Waals surface area contributed by atoms with Gasteiger partial charge in [-0.1, -0.05) is 42.5 Å². The molecule has 0 unspecified atom stereocenters. The number of benzene rings is 4. The molecule has 4 rings (SSSR count). The van der Waals surface area contributed by atoms with Crippen LogP contribution in [0.2, 0.25) is 0 Å². The molecule has 4 aromatic rings. The van der Waals surface area contributed by atoms with Crippen LogP contribution in [0.25, 0.3) is 0 Å². The summed E-state index contributed by atoms with van der Waals surface area (Å²) < 4.78 is 32.0. The van der Waals surface area contributed by atoms with Gasteiger partial charge in [-0.25, -0.2) is 14.4 Å². The van der Waals surface area contributed by atoms with E-state index >= 15 is 0 Å². The van der Waals surface area contributed by atoms with Crippen molar-refractivity contribution in [3.63, 3.8) is 0 Å². The summed E-state index contributed by atoms with van der Waals surface area (Å²) in [6.45, 7) is 0.969. The average molecular weight is 585 g/mol. The van der Waals surface area contributed by atoms with Gasteiger partial charge < -0.3 is 28.4 Å². The van der Waals surface area contributed by atoms with Gasteiger partial charge in [-0.15, -0.1) is 0 Å². The third-order valence-electron chi connectivity index (χ3n) is 6.15. The van der Waals surface area contributed by atoms with Gasteiger partial charge in [0.05, 0.1) is 37.0 Å². The summed E-state index contributed by atoms with van der Waals surface area (Å²) in [5.41, 5.74) is 3.05. The summed E-state index contributed by atoms with van der Waals surface area (Å²) in [4.78, 5) is 36.6. The highest BCUT2D eigenvalue weighted by molar-refractivity contribution is 5.90. The lowest BCUT2D eigenvalue weighted by Gasteiger charge is -2.09. The first-order chi connectivity index (χ1) is 21.0. The molecule has 0 saturated heterocycles. The van der Waals surface area contributed by atoms with Crippen LogP contribution < -0.4 is 9.47 Å². The lowest BCUT2D eigenvalue weighted by Crippen LogP contribution is -2.14. The summed E-state index contributed by atoms with van der Waals surface area (Å²) >= 11 is 0. The van der Waals surface area contributed by atoms with Gasteiger partial charge in [-0.2, -0.15) is 0 Å². The molecule has 0 aliphatic heterocycles. The second-order valence-corrected chi connectivity index (χ2v) is 9.18. The largest absolute Gasteiger partial charge is 0.497 e. The van der Waals surface area contributed by atoms with Crippen molar-refractivity contribution in [3.8, 4) is 11.5 Å². The molecule has 0 bridgehead atoms. The van der Waals surface area contributed by atoms with Crippen LogP contribution in [0.5, 0.6) is 11.5 Å². The minimum atomic E-state index is -0.490. The molecule has 222 valence electrons. The van der Waals surface area contributed by atoms with Gasteiger partial charge >= 0.3 is 17.9 Å². The van der Waals surface area contributed by atoms with Crippen LogP contribution in [0.1, 0.15) is 42.2 Å². The molecule has 0 heterocycles. The smallest absolute Gasteiger partial charge is 0.338 e. The monoisotopic (exact) mass is 584 g/mol. The Morgan fingerprint density at radius 1 is 0.488 bits per heavy atom. The molecule has 43 heavy (non-hydrogen) atoms. The van der Waals surface area contributed by atoms with Crippen molar-refractivity contribution in [1.82, 2.24) is 0 Å². The van der Waals surface area contributed by atoms with Crippen LogP contribution in [0.3, 0.4) is 0 Å². The lowest BCUT2D eigenvalue weighted by atomic mass is 10.1. The van der Waals surface area contributed by atoms with Gasteiger partial charge in [0.15, 0.2) is 0 Å². The fourth-order valence-electron chi connectivity index (χ4n) is 3.78. The van der Waals surface area contributed by atoms with Crippen molar-refractivity contribution in [2.24, 2.45) is 0 Å². The molecule has 0 saturated carbocycles. The summed E-state index contributed by atoms with van der Waals surface area (Å²) in [7, 11) is 1.55. The number of rotatable bonds is 15. The van der Waals surface area contributed by atoms with E-state index in [1.165, 1.54) is 0 Å². The predicted molar refractivity (Wildman–Crippen MR) is 157 cm³/mol. The van der Waals surface area contributed by atoms with Crippen LogP contribution in [-0.2, 0) is 32.2 Å². The van der Waals surface area contributed by atoms with Gasteiger partial charge in [0.2, 0.25) is 0 Å². The van der Waals surface area contributed by atoms with Crippen molar-refractivity contribution in [2.75, 3.05) is 33.5 Å². The Bertz CT molecular complexity index is 1450. The quantitative estimate of drug-likeness (QED) is 0.0994. The molecular formula is C34H32O9. The Labute approximate surface area is 249 Å². The topological polar surface area (TPSA) is 107 Å². The van der Waals surface area contributed by atoms with E-state index in [1.807, 2.05) is 30.3 Å². The zero-order chi connectivity index (χ0) is 30.3. The van der Waals surface area contributed by atoms with Crippen molar-refractivity contribution >= 4 is 17.9 Å². The van der Waals surface area contributed by atoms with E-state index in [0.717, 1.165) is 11.1 Å². The zero-order valence-electron chi connectivity index (χ0n) is 23.7. The maximum atomic E-state index is 12.3. The van der Waals surface area contributed by atoms with E-state index in [1.54, 1.807) is 79.9 Å². The van der Waals surface area contributed by atoms with Crippen LogP contribution in [0, 0.1) is 0 Å². The van der Waals surface area contributed by atoms with E-state index in [2.05, 4.69) is 0 Å².